The lowest BCUT2D eigenvalue weighted by Gasteiger charge is -2.09. The molecule has 0 fully saturated rings. The highest BCUT2D eigenvalue weighted by Gasteiger charge is 2.09. The summed E-state index contributed by atoms with van der Waals surface area (Å²) in [4.78, 5) is 12.6. The molecule has 0 aliphatic carbocycles. The van der Waals surface area contributed by atoms with Crippen molar-refractivity contribution in [2.45, 2.75) is 13.8 Å². The Labute approximate surface area is 190 Å². The van der Waals surface area contributed by atoms with Crippen molar-refractivity contribution in [2.24, 2.45) is 0 Å². The molecule has 5 aromatic rings. The molecule has 1 amide bonds. The molecule has 1 N–H and O–H groups in total. The molecule has 0 radical (unpaired) electrons. The van der Waals surface area contributed by atoms with Crippen molar-refractivity contribution in [1.82, 2.24) is 20.0 Å². The first-order valence-electron chi connectivity index (χ1n) is 10.5. The highest BCUT2D eigenvalue weighted by atomic mass is 16.5. The quantitative estimate of drug-likeness (QED) is 0.395. The molecule has 162 valence electrons. The molecule has 0 saturated heterocycles. The second kappa shape index (κ2) is 8.55. The van der Waals surface area contributed by atoms with E-state index >= 15 is 0 Å². The van der Waals surface area contributed by atoms with Crippen LogP contribution in [0.3, 0.4) is 0 Å². The second-order valence-corrected chi connectivity index (χ2v) is 7.71. The van der Waals surface area contributed by atoms with E-state index in [1.165, 1.54) is 0 Å². The van der Waals surface area contributed by atoms with Crippen molar-refractivity contribution in [3.8, 4) is 17.4 Å². The molecule has 7 heteroatoms. The number of benzene rings is 3. The van der Waals surface area contributed by atoms with Crippen LogP contribution in [-0.2, 0) is 0 Å². The molecule has 0 bridgehead atoms. The van der Waals surface area contributed by atoms with E-state index < -0.39 is 0 Å². The zero-order chi connectivity index (χ0) is 22.8. The largest absolute Gasteiger partial charge is 0.438 e. The third kappa shape index (κ3) is 4.43. The van der Waals surface area contributed by atoms with Gasteiger partial charge in [0, 0.05) is 23.0 Å². The number of hydrogen-bond acceptors (Lipinski definition) is 5. The highest BCUT2D eigenvalue weighted by Crippen LogP contribution is 2.23. The topological polar surface area (TPSA) is 81.9 Å². The maximum Gasteiger partial charge on any atom is 0.255 e. The van der Waals surface area contributed by atoms with Gasteiger partial charge in [0.1, 0.15) is 5.75 Å². The number of hydrogen-bond donors (Lipinski definition) is 1. The first kappa shape index (κ1) is 20.4. The number of aryl methyl sites for hydroxylation is 2. The van der Waals surface area contributed by atoms with E-state index in [4.69, 9.17) is 4.74 Å². The van der Waals surface area contributed by atoms with E-state index in [-0.39, 0.29) is 5.91 Å². The van der Waals surface area contributed by atoms with E-state index in [1.807, 2.05) is 62.4 Å². The van der Waals surface area contributed by atoms with Crippen molar-refractivity contribution in [1.29, 1.82) is 0 Å². The van der Waals surface area contributed by atoms with Crippen LogP contribution in [0, 0.1) is 13.8 Å². The van der Waals surface area contributed by atoms with Gasteiger partial charge in [0.25, 0.3) is 5.91 Å². The smallest absolute Gasteiger partial charge is 0.255 e. The molecule has 0 unspecified atom stereocenters. The fraction of sp³-hybridized carbons (Fsp3) is 0.0769. The summed E-state index contributed by atoms with van der Waals surface area (Å²) in [6.45, 7) is 3.90. The van der Waals surface area contributed by atoms with Crippen molar-refractivity contribution in [2.75, 3.05) is 5.32 Å². The number of carbonyl (C=O) groups excluding carboxylic acids is 1. The summed E-state index contributed by atoms with van der Waals surface area (Å²) in [7, 11) is 0. The predicted octanol–water partition coefficient (Wildman–Crippen LogP) is 5.48. The molecule has 0 aliphatic rings. The lowest BCUT2D eigenvalue weighted by Crippen LogP contribution is -2.11. The minimum Gasteiger partial charge on any atom is -0.438 e. The van der Waals surface area contributed by atoms with E-state index in [1.54, 1.807) is 41.1 Å². The van der Waals surface area contributed by atoms with Gasteiger partial charge in [-0.2, -0.15) is 5.10 Å². The number of fused-ring (bicyclic) bond motifs is 1. The number of nitrogens with one attached hydrogen (secondary N) is 1. The summed E-state index contributed by atoms with van der Waals surface area (Å²) in [5, 5.41) is 17.8. The number of anilines is 1. The van der Waals surface area contributed by atoms with Gasteiger partial charge in [-0.1, -0.05) is 30.3 Å². The van der Waals surface area contributed by atoms with Gasteiger partial charge < -0.3 is 10.1 Å². The van der Waals surface area contributed by atoms with Gasteiger partial charge >= 0.3 is 0 Å². The summed E-state index contributed by atoms with van der Waals surface area (Å²) in [6, 6.07) is 26.2. The number of nitrogens with zero attached hydrogens (tertiary/aromatic N) is 4. The van der Waals surface area contributed by atoms with Crippen LogP contribution < -0.4 is 10.1 Å². The maximum atomic E-state index is 12.6. The monoisotopic (exact) mass is 435 g/mol. The summed E-state index contributed by atoms with van der Waals surface area (Å²) >= 11 is 0. The van der Waals surface area contributed by atoms with Crippen LogP contribution >= 0.6 is 0 Å². The lowest BCUT2D eigenvalue weighted by atomic mass is 10.1. The van der Waals surface area contributed by atoms with Crippen LogP contribution in [0.25, 0.3) is 16.6 Å². The Morgan fingerprint density at radius 2 is 1.64 bits per heavy atom. The molecule has 3 aromatic carbocycles. The zero-order valence-corrected chi connectivity index (χ0v) is 18.2. The number of aromatic nitrogens is 4. The zero-order valence-electron chi connectivity index (χ0n) is 18.2. The normalized spacial score (nSPS) is 10.8. The molecule has 5 rings (SSSR count). The van der Waals surface area contributed by atoms with Crippen LogP contribution in [0.1, 0.15) is 21.7 Å². The van der Waals surface area contributed by atoms with Gasteiger partial charge in [-0.15, -0.1) is 10.2 Å². The van der Waals surface area contributed by atoms with Crippen LogP contribution in [0.5, 0.6) is 11.6 Å². The fourth-order valence-electron chi connectivity index (χ4n) is 3.60. The van der Waals surface area contributed by atoms with Crippen LogP contribution in [-0.4, -0.2) is 25.9 Å². The molecular weight excluding hydrogens is 414 g/mol. The SMILES string of the molecule is Cc1cc(C)n(-c2ccc(Oc3ccc(NC(=O)c4ccc5ccccc5c4)cc3)nn2)n1. The van der Waals surface area contributed by atoms with E-state index in [9.17, 15) is 4.79 Å². The summed E-state index contributed by atoms with van der Waals surface area (Å²) in [5.74, 6) is 1.42. The minimum absolute atomic E-state index is 0.167. The predicted molar refractivity (Wildman–Crippen MR) is 127 cm³/mol. The van der Waals surface area contributed by atoms with Gasteiger partial charge in [0.2, 0.25) is 5.88 Å². The Morgan fingerprint density at radius 3 is 2.33 bits per heavy atom. The molecule has 2 aromatic heterocycles. The third-order valence-electron chi connectivity index (χ3n) is 5.20. The number of rotatable bonds is 5. The average molecular weight is 435 g/mol. The number of ether oxygens (including phenoxy) is 1. The van der Waals surface area contributed by atoms with E-state index in [0.717, 1.165) is 22.2 Å². The Kier molecular flexibility index (Phi) is 5.28. The summed E-state index contributed by atoms with van der Waals surface area (Å²) in [5.41, 5.74) is 3.18. The molecule has 0 saturated carbocycles. The van der Waals surface area contributed by atoms with Crippen molar-refractivity contribution >= 4 is 22.4 Å². The minimum atomic E-state index is -0.167. The Bertz CT molecular complexity index is 1440. The molecular formula is C26H21N5O2. The van der Waals surface area contributed by atoms with Crippen LogP contribution in [0.4, 0.5) is 5.69 Å². The van der Waals surface area contributed by atoms with Crippen molar-refractivity contribution in [3.63, 3.8) is 0 Å². The van der Waals surface area contributed by atoms with E-state index in [0.29, 0.717) is 28.7 Å². The Morgan fingerprint density at radius 1 is 0.848 bits per heavy atom. The highest BCUT2D eigenvalue weighted by molar-refractivity contribution is 6.06. The van der Waals surface area contributed by atoms with Gasteiger partial charge in [0.15, 0.2) is 5.82 Å². The van der Waals surface area contributed by atoms with Gasteiger partial charge in [-0.25, -0.2) is 4.68 Å². The fourth-order valence-corrected chi connectivity index (χ4v) is 3.60. The second-order valence-electron chi connectivity index (χ2n) is 7.71. The van der Waals surface area contributed by atoms with E-state index in [2.05, 4.69) is 20.6 Å². The first-order valence-corrected chi connectivity index (χ1v) is 10.5. The van der Waals surface area contributed by atoms with Crippen LogP contribution in [0.2, 0.25) is 0 Å². The molecule has 7 nitrogen and oxygen atoms in total. The lowest BCUT2D eigenvalue weighted by molar-refractivity contribution is 0.102. The van der Waals surface area contributed by atoms with Crippen LogP contribution in [0.15, 0.2) is 84.9 Å². The van der Waals surface area contributed by atoms with Gasteiger partial charge in [0.05, 0.1) is 5.69 Å². The summed E-state index contributed by atoms with van der Waals surface area (Å²) in [6.07, 6.45) is 0. The Hall–Kier alpha value is -4.52. The standard InChI is InChI=1S/C26H21N5O2/c1-17-15-18(2)31(30-17)24-13-14-25(29-28-24)33-23-11-9-22(10-12-23)27-26(32)21-8-7-19-5-3-4-6-20(19)16-21/h3-16H,1-2H3,(H,27,32). The van der Waals surface area contributed by atoms with Crippen molar-refractivity contribution in [3.05, 3.63) is 102 Å². The summed E-state index contributed by atoms with van der Waals surface area (Å²) < 4.78 is 7.52. The molecule has 2 heterocycles. The van der Waals surface area contributed by atoms with Gasteiger partial charge in [-0.3, -0.25) is 4.79 Å². The average Bonchev–Trinajstić information content (AvgIpc) is 3.18. The first-order chi connectivity index (χ1) is 16.0. The number of amides is 1. The third-order valence-corrected chi connectivity index (χ3v) is 5.20. The molecule has 0 aliphatic heterocycles. The molecule has 0 spiro atoms. The number of carbonyl (C=O) groups is 1. The van der Waals surface area contributed by atoms with Crippen molar-refractivity contribution < 1.29 is 9.53 Å². The molecule has 33 heavy (non-hydrogen) atoms. The Balaban J connectivity index is 1.24. The maximum absolute atomic E-state index is 12.6. The van der Waals surface area contributed by atoms with Gasteiger partial charge in [-0.05, 0) is 73.2 Å². The molecule has 0 atom stereocenters.